The lowest BCUT2D eigenvalue weighted by atomic mass is 10.2. The Balaban J connectivity index is 1.46. The average molecular weight is 428 g/mol. The number of nitrogens with one attached hydrogen (secondary N) is 2. The second-order valence-corrected chi connectivity index (χ2v) is 6.99. The van der Waals surface area contributed by atoms with Gasteiger partial charge < -0.3 is 24.6 Å². The summed E-state index contributed by atoms with van der Waals surface area (Å²) in [5, 5.41) is 11.1. The van der Waals surface area contributed by atoms with Crippen molar-refractivity contribution in [1.82, 2.24) is 15.5 Å². The van der Waals surface area contributed by atoms with Crippen LogP contribution >= 0.6 is 11.6 Å². The number of nitrogens with zero attached hydrogens (tertiary/aromatic N) is 3. The van der Waals surface area contributed by atoms with E-state index in [1.54, 1.807) is 12.1 Å². The molecule has 30 heavy (non-hydrogen) atoms. The summed E-state index contributed by atoms with van der Waals surface area (Å²) in [6.07, 6.45) is 0.864. The number of aromatic nitrogens is 2. The van der Waals surface area contributed by atoms with Crippen LogP contribution in [0.4, 0.5) is 5.69 Å². The zero-order valence-corrected chi connectivity index (χ0v) is 17.3. The van der Waals surface area contributed by atoms with Crippen LogP contribution in [0.1, 0.15) is 19.2 Å². The maximum absolute atomic E-state index is 6.03. The van der Waals surface area contributed by atoms with E-state index < -0.39 is 0 Å². The van der Waals surface area contributed by atoms with Crippen molar-refractivity contribution in [3.8, 4) is 22.9 Å². The van der Waals surface area contributed by atoms with Crippen LogP contribution in [-0.2, 0) is 6.54 Å². The molecule has 4 rings (SSSR count). The molecule has 0 unspecified atom stereocenters. The van der Waals surface area contributed by atoms with E-state index in [-0.39, 0.29) is 6.54 Å². The lowest BCUT2D eigenvalue weighted by molar-refractivity contribution is 0.297. The van der Waals surface area contributed by atoms with E-state index in [9.17, 15) is 0 Å². The number of aliphatic imine (C=N–C) groups is 1. The predicted molar refractivity (Wildman–Crippen MR) is 115 cm³/mol. The summed E-state index contributed by atoms with van der Waals surface area (Å²) < 4.78 is 16.7. The van der Waals surface area contributed by atoms with Gasteiger partial charge in [-0.15, -0.1) is 0 Å². The second kappa shape index (κ2) is 9.49. The highest BCUT2D eigenvalue weighted by Gasteiger charge is 2.12. The van der Waals surface area contributed by atoms with Gasteiger partial charge in [-0.2, -0.15) is 4.98 Å². The summed E-state index contributed by atoms with van der Waals surface area (Å²) in [6.45, 7) is 4.22. The Labute approximate surface area is 179 Å². The summed E-state index contributed by atoms with van der Waals surface area (Å²) in [6, 6.07) is 13.0. The fraction of sp³-hybridized carbons (Fsp3) is 0.286. The van der Waals surface area contributed by atoms with Crippen molar-refractivity contribution in [2.24, 2.45) is 4.99 Å². The number of hydrogen-bond donors (Lipinski definition) is 2. The third-order valence-corrected chi connectivity index (χ3v) is 4.51. The highest BCUT2D eigenvalue weighted by atomic mass is 35.5. The van der Waals surface area contributed by atoms with Gasteiger partial charge in [0.05, 0.1) is 13.2 Å². The molecule has 1 aromatic heterocycles. The van der Waals surface area contributed by atoms with Gasteiger partial charge in [0.15, 0.2) is 17.5 Å². The molecule has 0 amide bonds. The number of anilines is 1. The minimum atomic E-state index is 0.230. The van der Waals surface area contributed by atoms with Gasteiger partial charge >= 0.3 is 0 Å². The van der Waals surface area contributed by atoms with Crippen molar-refractivity contribution in [3.63, 3.8) is 0 Å². The lowest BCUT2D eigenvalue weighted by Gasteiger charge is -2.13. The van der Waals surface area contributed by atoms with Crippen LogP contribution in [0.2, 0.25) is 5.02 Å². The molecule has 3 aromatic rings. The van der Waals surface area contributed by atoms with Crippen molar-refractivity contribution in [2.75, 3.05) is 25.1 Å². The number of fused-ring (bicyclic) bond motifs is 1. The van der Waals surface area contributed by atoms with Crippen molar-refractivity contribution >= 4 is 23.2 Å². The van der Waals surface area contributed by atoms with Gasteiger partial charge in [-0.1, -0.05) is 28.9 Å². The molecule has 0 radical (unpaired) electrons. The van der Waals surface area contributed by atoms with Crippen LogP contribution in [0.5, 0.6) is 11.5 Å². The molecule has 2 aromatic carbocycles. The van der Waals surface area contributed by atoms with Gasteiger partial charge in [-0.05, 0) is 31.2 Å². The fourth-order valence-corrected chi connectivity index (χ4v) is 3.09. The topological polar surface area (TPSA) is 93.8 Å². The molecule has 0 atom stereocenters. The molecule has 0 aliphatic carbocycles. The van der Waals surface area contributed by atoms with Crippen molar-refractivity contribution < 1.29 is 14.0 Å². The first-order valence-electron chi connectivity index (χ1n) is 9.75. The minimum Gasteiger partial charge on any atom is -0.490 e. The molecule has 0 bridgehead atoms. The lowest BCUT2D eigenvalue weighted by Crippen LogP contribution is -2.30. The zero-order chi connectivity index (χ0) is 20.8. The van der Waals surface area contributed by atoms with Crippen LogP contribution in [0.25, 0.3) is 11.4 Å². The van der Waals surface area contributed by atoms with Gasteiger partial charge in [-0.3, -0.25) is 0 Å². The Morgan fingerprint density at radius 3 is 2.83 bits per heavy atom. The number of halogens is 1. The van der Waals surface area contributed by atoms with Gasteiger partial charge in [0, 0.05) is 35.3 Å². The Hall–Kier alpha value is -3.26. The molecule has 2 heterocycles. The fourth-order valence-electron chi connectivity index (χ4n) is 2.90. The van der Waals surface area contributed by atoms with E-state index in [1.807, 2.05) is 37.3 Å². The molecule has 0 saturated carbocycles. The third-order valence-electron chi connectivity index (χ3n) is 4.28. The van der Waals surface area contributed by atoms with Gasteiger partial charge in [0.25, 0.3) is 0 Å². The minimum absolute atomic E-state index is 0.230. The van der Waals surface area contributed by atoms with Crippen LogP contribution in [0.15, 0.2) is 52.0 Å². The molecule has 9 heteroatoms. The highest BCUT2D eigenvalue weighted by molar-refractivity contribution is 6.30. The quantitative estimate of drug-likeness (QED) is 0.467. The first-order chi connectivity index (χ1) is 14.7. The molecule has 8 nitrogen and oxygen atoms in total. The Morgan fingerprint density at radius 2 is 2.00 bits per heavy atom. The number of guanidine groups is 1. The summed E-state index contributed by atoms with van der Waals surface area (Å²) in [5.74, 6) is 2.94. The van der Waals surface area contributed by atoms with E-state index in [2.05, 4.69) is 25.8 Å². The maximum atomic E-state index is 6.03. The summed E-state index contributed by atoms with van der Waals surface area (Å²) in [5.41, 5.74) is 1.63. The molecule has 156 valence electrons. The van der Waals surface area contributed by atoms with Crippen LogP contribution in [0, 0.1) is 0 Å². The Morgan fingerprint density at radius 1 is 1.13 bits per heavy atom. The number of hydrogen-bond acceptors (Lipinski definition) is 6. The number of benzene rings is 2. The Bertz CT molecular complexity index is 1040. The Kier molecular flexibility index (Phi) is 6.34. The normalized spacial score (nSPS) is 13.6. The van der Waals surface area contributed by atoms with Crippen LogP contribution in [0.3, 0.4) is 0 Å². The van der Waals surface area contributed by atoms with Crippen LogP contribution < -0.4 is 20.1 Å². The van der Waals surface area contributed by atoms with E-state index in [1.165, 1.54) is 0 Å². The molecule has 0 saturated heterocycles. The zero-order valence-electron chi connectivity index (χ0n) is 16.5. The first kappa shape index (κ1) is 20.0. The summed E-state index contributed by atoms with van der Waals surface area (Å²) in [4.78, 5) is 8.93. The van der Waals surface area contributed by atoms with E-state index in [4.69, 9.17) is 25.6 Å². The summed E-state index contributed by atoms with van der Waals surface area (Å²) >= 11 is 6.03. The standard InChI is InChI=1S/C21H22ClN5O3/c1-2-23-21(25-16-7-8-17-18(12-16)29-10-4-9-28-17)24-13-19-26-20(27-30-19)14-5-3-6-15(22)11-14/h3,5-8,11-12H,2,4,9-10,13H2,1H3,(H2,23,24,25). The third kappa shape index (κ3) is 5.01. The van der Waals surface area contributed by atoms with Gasteiger partial charge in [-0.25, -0.2) is 4.99 Å². The smallest absolute Gasteiger partial charge is 0.248 e. The van der Waals surface area contributed by atoms with Crippen molar-refractivity contribution in [1.29, 1.82) is 0 Å². The monoisotopic (exact) mass is 427 g/mol. The molecule has 2 N–H and O–H groups in total. The molecular formula is C21H22ClN5O3. The SMILES string of the molecule is CCNC(=NCc1nc(-c2cccc(Cl)c2)no1)Nc1ccc2c(c1)OCCCO2. The molecule has 1 aliphatic heterocycles. The van der Waals surface area contributed by atoms with E-state index >= 15 is 0 Å². The highest BCUT2D eigenvalue weighted by Crippen LogP contribution is 2.32. The largest absolute Gasteiger partial charge is 0.490 e. The number of ether oxygens (including phenoxy) is 2. The van der Waals surface area contributed by atoms with E-state index in [0.29, 0.717) is 42.5 Å². The molecule has 1 aliphatic rings. The molecular weight excluding hydrogens is 406 g/mol. The van der Waals surface area contributed by atoms with E-state index in [0.717, 1.165) is 29.2 Å². The second-order valence-electron chi connectivity index (χ2n) is 6.55. The van der Waals surface area contributed by atoms with Gasteiger partial charge in [0.1, 0.15) is 6.54 Å². The maximum Gasteiger partial charge on any atom is 0.248 e. The predicted octanol–water partition coefficient (Wildman–Crippen LogP) is 4.13. The molecule has 0 spiro atoms. The first-order valence-corrected chi connectivity index (χ1v) is 10.1. The van der Waals surface area contributed by atoms with Crippen molar-refractivity contribution in [2.45, 2.75) is 19.9 Å². The number of rotatable bonds is 5. The van der Waals surface area contributed by atoms with Crippen molar-refractivity contribution in [3.05, 3.63) is 53.4 Å². The summed E-state index contributed by atoms with van der Waals surface area (Å²) in [7, 11) is 0. The van der Waals surface area contributed by atoms with Gasteiger partial charge in [0.2, 0.25) is 11.7 Å². The molecule has 0 fully saturated rings. The average Bonchev–Trinajstić information content (AvgIpc) is 3.10. The van der Waals surface area contributed by atoms with Crippen LogP contribution in [-0.4, -0.2) is 35.9 Å².